The van der Waals surface area contributed by atoms with Crippen LogP contribution in [0.4, 0.5) is 0 Å². The smallest absolute Gasteiger partial charge is 0.249 e. The molecule has 3 unspecified atom stereocenters. The Labute approximate surface area is 376 Å². The molecule has 3 atom stereocenters. The summed E-state index contributed by atoms with van der Waals surface area (Å²) in [6, 6.07) is -0.794. The molecule has 0 aromatic heterocycles. The Kier molecular flexibility index (Phi) is 50.0. The number of unbranched alkanes of at least 4 members (excludes halogenated alkanes) is 43. The summed E-state index contributed by atoms with van der Waals surface area (Å²) in [5, 5.41) is 33.4. The molecule has 0 heterocycles. The van der Waals surface area contributed by atoms with Gasteiger partial charge in [-0.2, -0.15) is 0 Å². The molecule has 1 amide bonds. The van der Waals surface area contributed by atoms with Crippen molar-refractivity contribution < 1.29 is 20.1 Å². The van der Waals surface area contributed by atoms with Gasteiger partial charge in [-0.25, -0.2) is 0 Å². The van der Waals surface area contributed by atoms with Crippen molar-refractivity contribution in [3.63, 3.8) is 0 Å². The molecule has 0 rings (SSSR count). The summed E-state index contributed by atoms with van der Waals surface area (Å²) in [7, 11) is 0. The fourth-order valence-electron chi connectivity index (χ4n) is 8.84. The first-order valence-corrected chi connectivity index (χ1v) is 27.5. The fourth-order valence-corrected chi connectivity index (χ4v) is 8.84. The molecule has 0 bridgehead atoms. The maximum atomic E-state index is 12.5. The van der Waals surface area contributed by atoms with Crippen LogP contribution in [0.2, 0.25) is 0 Å². The van der Waals surface area contributed by atoms with Crippen LogP contribution in [0.5, 0.6) is 0 Å². The van der Waals surface area contributed by atoms with Gasteiger partial charge in [0.2, 0.25) is 5.91 Å². The van der Waals surface area contributed by atoms with Crippen LogP contribution in [-0.2, 0) is 4.79 Å². The van der Waals surface area contributed by atoms with E-state index in [-0.39, 0.29) is 6.61 Å². The van der Waals surface area contributed by atoms with Crippen LogP contribution in [0.1, 0.15) is 309 Å². The van der Waals surface area contributed by atoms with Crippen molar-refractivity contribution in [2.24, 2.45) is 0 Å². The van der Waals surface area contributed by atoms with E-state index < -0.39 is 24.2 Å². The van der Waals surface area contributed by atoms with Crippen LogP contribution in [0.25, 0.3) is 0 Å². The number of rotatable bonds is 51. The van der Waals surface area contributed by atoms with Gasteiger partial charge in [0.25, 0.3) is 0 Å². The molecule has 0 aliphatic heterocycles. The minimum Gasteiger partial charge on any atom is -0.394 e. The Hall–Kier alpha value is -0.910. The van der Waals surface area contributed by atoms with Crippen LogP contribution < -0.4 is 5.32 Å². The topological polar surface area (TPSA) is 89.8 Å². The lowest BCUT2D eigenvalue weighted by atomic mass is 10.0. The van der Waals surface area contributed by atoms with E-state index in [1.54, 1.807) is 6.08 Å². The summed E-state index contributed by atoms with van der Waals surface area (Å²) in [6.45, 7) is 4.22. The lowest BCUT2D eigenvalue weighted by Crippen LogP contribution is -2.48. The van der Waals surface area contributed by atoms with Gasteiger partial charge in [-0.05, 0) is 19.3 Å². The van der Waals surface area contributed by atoms with Crippen LogP contribution >= 0.6 is 0 Å². The molecule has 60 heavy (non-hydrogen) atoms. The second-order valence-electron chi connectivity index (χ2n) is 19.2. The highest BCUT2D eigenvalue weighted by Gasteiger charge is 2.22. The minimum absolute atomic E-state index is 0.358. The zero-order valence-corrected chi connectivity index (χ0v) is 40.9. The van der Waals surface area contributed by atoms with Gasteiger partial charge in [0, 0.05) is 0 Å². The van der Waals surface area contributed by atoms with Gasteiger partial charge in [0.05, 0.1) is 18.8 Å². The van der Waals surface area contributed by atoms with Gasteiger partial charge < -0.3 is 20.6 Å². The number of aliphatic hydroxyl groups is 3. The zero-order chi connectivity index (χ0) is 43.7. The molecule has 0 aliphatic rings. The standard InChI is InChI=1S/C55H109NO4/c1-3-5-7-9-11-13-15-17-19-21-23-25-27-28-30-32-34-36-38-40-42-44-46-48-50-54(59)55(60)56-52(51-57)53(58)49-47-45-43-41-39-37-35-33-31-29-26-24-22-20-18-16-14-12-10-8-6-4-2/h47,49,52-54,57-59H,3-46,48,50-51H2,1-2H3,(H,56,60)/b49-47+. The van der Waals surface area contributed by atoms with Crippen molar-refractivity contribution in [1.82, 2.24) is 5.32 Å². The van der Waals surface area contributed by atoms with Crippen LogP contribution in [0.3, 0.4) is 0 Å². The SMILES string of the molecule is CCCCCCCCCCCCCCCCCCCCCC/C=C/C(O)C(CO)NC(=O)C(O)CCCCCCCCCCCCCCCCCCCCCCCCCC. The zero-order valence-electron chi connectivity index (χ0n) is 40.9. The molecule has 4 N–H and O–H groups in total. The molecule has 0 aliphatic carbocycles. The first-order valence-electron chi connectivity index (χ1n) is 27.5. The van der Waals surface area contributed by atoms with E-state index in [0.29, 0.717) is 6.42 Å². The Morgan fingerprint density at radius 1 is 0.400 bits per heavy atom. The number of aliphatic hydroxyl groups excluding tert-OH is 3. The van der Waals surface area contributed by atoms with Gasteiger partial charge >= 0.3 is 0 Å². The Balaban J connectivity index is 3.55. The lowest BCUT2D eigenvalue weighted by Gasteiger charge is -2.21. The molecular formula is C55H109NO4. The summed E-state index contributed by atoms with van der Waals surface area (Å²) < 4.78 is 0. The number of carbonyl (C=O) groups is 1. The van der Waals surface area contributed by atoms with E-state index >= 15 is 0 Å². The van der Waals surface area contributed by atoms with E-state index in [1.807, 2.05) is 6.08 Å². The van der Waals surface area contributed by atoms with E-state index in [0.717, 1.165) is 32.1 Å². The number of carbonyl (C=O) groups excluding carboxylic acids is 1. The fraction of sp³-hybridized carbons (Fsp3) is 0.945. The molecule has 358 valence electrons. The van der Waals surface area contributed by atoms with Crippen molar-refractivity contribution in [2.75, 3.05) is 6.61 Å². The normalized spacial score (nSPS) is 13.3. The molecule has 0 fully saturated rings. The van der Waals surface area contributed by atoms with Crippen LogP contribution in [0.15, 0.2) is 12.2 Å². The number of hydrogen-bond acceptors (Lipinski definition) is 4. The first-order chi connectivity index (χ1) is 29.6. The summed E-state index contributed by atoms with van der Waals surface area (Å²) in [5.41, 5.74) is 0. The van der Waals surface area contributed by atoms with Gasteiger partial charge in [0.15, 0.2) is 0 Å². The van der Waals surface area contributed by atoms with Crippen molar-refractivity contribution in [3.8, 4) is 0 Å². The Morgan fingerprint density at radius 2 is 0.650 bits per heavy atom. The average Bonchev–Trinajstić information content (AvgIpc) is 3.25. The molecule has 0 aromatic carbocycles. The summed E-state index contributed by atoms with van der Waals surface area (Å²) in [4.78, 5) is 12.5. The maximum absolute atomic E-state index is 12.5. The Bertz CT molecular complexity index is 848. The van der Waals surface area contributed by atoms with Gasteiger partial charge in [-0.15, -0.1) is 0 Å². The predicted octanol–water partition coefficient (Wildman–Crippen LogP) is 16.7. The van der Waals surface area contributed by atoms with Crippen LogP contribution in [0, 0.1) is 0 Å². The van der Waals surface area contributed by atoms with E-state index in [9.17, 15) is 20.1 Å². The number of nitrogens with one attached hydrogen (secondary N) is 1. The highest BCUT2D eigenvalue weighted by Crippen LogP contribution is 2.18. The molecule has 5 nitrogen and oxygen atoms in total. The van der Waals surface area contributed by atoms with Crippen molar-refractivity contribution in [2.45, 2.75) is 327 Å². The lowest BCUT2D eigenvalue weighted by molar-refractivity contribution is -0.131. The van der Waals surface area contributed by atoms with E-state index in [2.05, 4.69) is 19.2 Å². The number of amides is 1. The first kappa shape index (κ1) is 59.1. The highest BCUT2D eigenvalue weighted by atomic mass is 16.3. The summed E-state index contributed by atoms with van der Waals surface area (Å²) >= 11 is 0. The van der Waals surface area contributed by atoms with Crippen molar-refractivity contribution in [3.05, 3.63) is 12.2 Å². The second-order valence-corrected chi connectivity index (χ2v) is 19.2. The summed E-state index contributed by atoms with van der Waals surface area (Å²) in [5.74, 6) is -0.496. The van der Waals surface area contributed by atoms with E-state index in [1.165, 1.54) is 257 Å². The number of hydrogen-bond donors (Lipinski definition) is 4. The van der Waals surface area contributed by atoms with Gasteiger partial charge in [-0.1, -0.05) is 302 Å². The third-order valence-electron chi connectivity index (χ3n) is 13.1. The Morgan fingerprint density at radius 3 is 0.917 bits per heavy atom. The third-order valence-corrected chi connectivity index (χ3v) is 13.1. The number of allylic oxidation sites excluding steroid dienone is 1. The maximum Gasteiger partial charge on any atom is 0.249 e. The second kappa shape index (κ2) is 50.7. The van der Waals surface area contributed by atoms with E-state index in [4.69, 9.17) is 0 Å². The molecule has 5 heteroatoms. The quantitative estimate of drug-likeness (QED) is 0.0363. The monoisotopic (exact) mass is 848 g/mol. The summed E-state index contributed by atoms with van der Waals surface area (Å²) in [6.07, 6.45) is 62.8. The molecule has 0 spiro atoms. The minimum atomic E-state index is -1.09. The molecule has 0 radical (unpaired) electrons. The molecular weight excluding hydrogens is 739 g/mol. The molecule has 0 saturated heterocycles. The highest BCUT2D eigenvalue weighted by molar-refractivity contribution is 5.80. The van der Waals surface area contributed by atoms with Gasteiger partial charge in [-0.3, -0.25) is 4.79 Å². The van der Waals surface area contributed by atoms with Crippen LogP contribution in [-0.4, -0.2) is 46.1 Å². The van der Waals surface area contributed by atoms with Crippen molar-refractivity contribution in [1.29, 1.82) is 0 Å². The average molecular weight is 848 g/mol. The largest absolute Gasteiger partial charge is 0.394 e. The van der Waals surface area contributed by atoms with Gasteiger partial charge in [0.1, 0.15) is 6.10 Å². The molecule has 0 aromatic rings. The van der Waals surface area contributed by atoms with Crippen molar-refractivity contribution >= 4 is 5.91 Å². The molecule has 0 saturated carbocycles. The third kappa shape index (κ3) is 45.1. The predicted molar refractivity (Wildman–Crippen MR) is 264 cm³/mol.